The largest absolute Gasteiger partial charge is 0.497 e. The Kier molecular flexibility index (Phi) is 10.4. The number of carbonyl (C=O) groups is 3. The van der Waals surface area contributed by atoms with E-state index in [4.69, 9.17) is 14.2 Å². The summed E-state index contributed by atoms with van der Waals surface area (Å²) in [4.78, 5) is 52.7. The van der Waals surface area contributed by atoms with E-state index in [1.807, 2.05) is 24.3 Å². The molecule has 3 atom stereocenters. The molecule has 2 fully saturated rings. The number of ether oxygens (including phenoxy) is 3. The molecule has 2 aliphatic rings. The Hall–Kier alpha value is -4.00. The van der Waals surface area contributed by atoms with Gasteiger partial charge in [0.1, 0.15) is 24.0 Å². The molecule has 12 nitrogen and oxygen atoms in total. The van der Waals surface area contributed by atoms with Gasteiger partial charge in [-0.25, -0.2) is 9.59 Å². The van der Waals surface area contributed by atoms with Crippen molar-refractivity contribution in [3.8, 4) is 5.75 Å². The van der Waals surface area contributed by atoms with Crippen molar-refractivity contribution < 1.29 is 33.5 Å². The van der Waals surface area contributed by atoms with Crippen LogP contribution in [0.4, 0.5) is 15.3 Å². The molecule has 2 aromatic carbocycles. The van der Waals surface area contributed by atoms with E-state index in [2.05, 4.69) is 5.32 Å². The lowest BCUT2D eigenvalue weighted by Gasteiger charge is -2.26. The molecule has 2 aromatic rings. The molecule has 3 amide bonds. The molecule has 13 heteroatoms. The van der Waals surface area contributed by atoms with Gasteiger partial charge >= 0.3 is 12.2 Å². The van der Waals surface area contributed by atoms with Gasteiger partial charge in [0.2, 0.25) is 5.91 Å². The second-order valence-corrected chi connectivity index (χ2v) is 12.9. The fraction of sp³-hybridized carbons (Fsp3) is 0.500. The molecule has 1 N–H and O–H groups in total. The van der Waals surface area contributed by atoms with Crippen LogP contribution in [0.15, 0.2) is 48.5 Å². The van der Waals surface area contributed by atoms with Gasteiger partial charge in [-0.05, 0) is 69.0 Å². The number of non-ortho nitro benzene ring substituents is 1. The van der Waals surface area contributed by atoms with Crippen molar-refractivity contribution in [1.29, 1.82) is 0 Å². The lowest BCUT2D eigenvalue weighted by atomic mass is 10.1. The molecular formula is C30H38N4O8S. The summed E-state index contributed by atoms with van der Waals surface area (Å²) in [6.07, 6.45) is -0.0240. The third kappa shape index (κ3) is 8.99. The van der Waals surface area contributed by atoms with Gasteiger partial charge in [0, 0.05) is 48.8 Å². The minimum Gasteiger partial charge on any atom is -0.497 e. The molecule has 0 unspecified atom stereocenters. The van der Waals surface area contributed by atoms with Crippen molar-refractivity contribution in [2.45, 2.75) is 68.9 Å². The number of nitrogens with zero attached hydrogens (tertiary/aromatic N) is 3. The zero-order chi connectivity index (χ0) is 31.1. The maximum absolute atomic E-state index is 13.5. The summed E-state index contributed by atoms with van der Waals surface area (Å²) in [5.74, 6) is 1.17. The number of amides is 3. The van der Waals surface area contributed by atoms with Crippen molar-refractivity contribution in [1.82, 2.24) is 15.1 Å². The van der Waals surface area contributed by atoms with E-state index in [1.54, 1.807) is 44.5 Å². The van der Waals surface area contributed by atoms with Crippen molar-refractivity contribution in [3.63, 3.8) is 0 Å². The molecule has 2 aliphatic heterocycles. The summed E-state index contributed by atoms with van der Waals surface area (Å²) in [5.41, 5.74) is 1.02. The van der Waals surface area contributed by atoms with Gasteiger partial charge < -0.3 is 24.4 Å². The van der Waals surface area contributed by atoms with E-state index in [0.29, 0.717) is 43.8 Å². The summed E-state index contributed by atoms with van der Waals surface area (Å²) in [6, 6.07) is 12.5. The quantitative estimate of drug-likeness (QED) is 0.313. The molecule has 0 aromatic heterocycles. The van der Waals surface area contributed by atoms with Crippen molar-refractivity contribution in [2.75, 3.05) is 26.7 Å². The summed E-state index contributed by atoms with van der Waals surface area (Å²) >= 11 is 1.66. The Morgan fingerprint density at radius 1 is 1.02 bits per heavy atom. The molecule has 0 saturated carbocycles. The highest BCUT2D eigenvalue weighted by Crippen LogP contribution is 2.31. The van der Waals surface area contributed by atoms with Gasteiger partial charge in [0.25, 0.3) is 5.69 Å². The monoisotopic (exact) mass is 614 g/mol. The van der Waals surface area contributed by atoms with Crippen LogP contribution in [-0.2, 0) is 26.6 Å². The maximum Gasteiger partial charge on any atom is 0.410 e. The first-order valence-electron chi connectivity index (χ1n) is 14.1. The molecule has 0 aliphatic carbocycles. The van der Waals surface area contributed by atoms with Crippen molar-refractivity contribution in [2.24, 2.45) is 0 Å². The third-order valence-corrected chi connectivity index (χ3v) is 8.45. The number of nitro benzene ring substituents is 1. The first-order chi connectivity index (χ1) is 20.4. The van der Waals surface area contributed by atoms with Crippen LogP contribution in [0.5, 0.6) is 5.75 Å². The highest BCUT2D eigenvalue weighted by Gasteiger charge is 2.42. The second kappa shape index (κ2) is 14.0. The van der Waals surface area contributed by atoms with Gasteiger partial charge in [0.05, 0.1) is 12.0 Å². The third-order valence-electron chi connectivity index (χ3n) is 7.14. The summed E-state index contributed by atoms with van der Waals surface area (Å²) in [6.45, 7) is 6.45. The van der Waals surface area contributed by atoms with Crippen LogP contribution in [0.3, 0.4) is 0 Å². The van der Waals surface area contributed by atoms with Crippen molar-refractivity contribution in [3.05, 3.63) is 69.8 Å². The molecule has 4 rings (SSSR count). The topological polar surface area (TPSA) is 141 Å². The van der Waals surface area contributed by atoms with E-state index in [-0.39, 0.29) is 29.5 Å². The average Bonchev–Trinajstić information content (AvgIpc) is 3.62. The van der Waals surface area contributed by atoms with Gasteiger partial charge in [-0.2, -0.15) is 11.8 Å². The van der Waals surface area contributed by atoms with E-state index in [0.717, 1.165) is 11.3 Å². The highest BCUT2D eigenvalue weighted by molar-refractivity contribution is 7.99. The number of methoxy groups -OCH3 is 1. The lowest BCUT2D eigenvalue weighted by Crippen LogP contribution is -2.49. The van der Waals surface area contributed by atoms with Gasteiger partial charge in [0.15, 0.2) is 0 Å². The van der Waals surface area contributed by atoms with Gasteiger partial charge in [-0.1, -0.05) is 12.1 Å². The number of benzene rings is 2. The van der Waals surface area contributed by atoms with Crippen LogP contribution < -0.4 is 10.1 Å². The number of likely N-dealkylation sites (tertiary alicyclic amines) is 2. The SMILES string of the molecule is COc1ccc(CS[C@H]2C[C@@H](C(=O)N[C@H]3CCN(C(=O)OC(C)(C)C)C3)N(C(=O)OCc3ccc([N+](=O)[O-])cc3)C2)cc1. The second-order valence-electron chi connectivity index (χ2n) is 11.6. The van der Waals surface area contributed by atoms with Gasteiger partial charge in [-0.15, -0.1) is 0 Å². The Morgan fingerprint density at radius 2 is 1.70 bits per heavy atom. The molecule has 2 heterocycles. The minimum absolute atomic E-state index is 0.00776. The Bertz CT molecular complexity index is 1300. The zero-order valence-corrected chi connectivity index (χ0v) is 25.6. The molecular weight excluding hydrogens is 576 g/mol. The van der Waals surface area contributed by atoms with Gasteiger partial charge in [-0.3, -0.25) is 19.8 Å². The molecule has 0 bridgehead atoms. The Labute approximate surface area is 255 Å². The molecule has 0 radical (unpaired) electrons. The number of carbonyl (C=O) groups excluding carboxylic acids is 3. The smallest absolute Gasteiger partial charge is 0.410 e. The number of rotatable bonds is 9. The average molecular weight is 615 g/mol. The van der Waals surface area contributed by atoms with Crippen LogP contribution in [0, 0.1) is 10.1 Å². The summed E-state index contributed by atoms with van der Waals surface area (Å²) in [7, 11) is 1.61. The predicted octanol–water partition coefficient (Wildman–Crippen LogP) is 4.74. The number of hydrogen-bond donors (Lipinski definition) is 1. The molecule has 232 valence electrons. The normalized spacial score (nSPS) is 20.0. The highest BCUT2D eigenvalue weighted by atomic mass is 32.2. The maximum atomic E-state index is 13.5. The van der Waals surface area contributed by atoms with Crippen LogP contribution in [-0.4, -0.2) is 82.5 Å². The Balaban J connectivity index is 1.38. The van der Waals surface area contributed by atoms with Crippen LogP contribution >= 0.6 is 11.8 Å². The first kappa shape index (κ1) is 31.9. The summed E-state index contributed by atoms with van der Waals surface area (Å²) in [5, 5.41) is 13.9. The fourth-order valence-electron chi connectivity index (χ4n) is 4.91. The minimum atomic E-state index is -0.742. The van der Waals surface area contributed by atoms with Crippen molar-refractivity contribution >= 4 is 35.5 Å². The molecule has 2 saturated heterocycles. The number of nitrogens with one attached hydrogen (secondary N) is 1. The number of hydrogen-bond acceptors (Lipinski definition) is 9. The standard InChI is InChI=1S/C30H38N4O8S/c1-30(2,3)42-28(36)32-14-13-22(16-32)31-27(35)26-15-25(43-19-21-7-11-24(40-4)12-8-21)17-33(26)29(37)41-18-20-5-9-23(10-6-20)34(38)39/h5-12,22,25-26H,13-19H2,1-4H3,(H,31,35)/t22-,25-,26-/m0/s1. The Morgan fingerprint density at radius 3 is 2.33 bits per heavy atom. The zero-order valence-electron chi connectivity index (χ0n) is 24.8. The number of nitro groups is 1. The predicted molar refractivity (Wildman–Crippen MR) is 161 cm³/mol. The van der Waals surface area contributed by atoms with Crippen LogP contribution in [0.2, 0.25) is 0 Å². The number of thioether (sulfide) groups is 1. The van der Waals surface area contributed by atoms with Crippen LogP contribution in [0.1, 0.15) is 44.7 Å². The van der Waals surface area contributed by atoms with Crippen LogP contribution in [0.25, 0.3) is 0 Å². The fourth-order valence-corrected chi connectivity index (χ4v) is 6.12. The molecule has 43 heavy (non-hydrogen) atoms. The van der Waals surface area contributed by atoms with E-state index >= 15 is 0 Å². The van der Waals surface area contributed by atoms with E-state index in [1.165, 1.54) is 29.2 Å². The summed E-state index contributed by atoms with van der Waals surface area (Å²) < 4.78 is 16.2. The van der Waals surface area contributed by atoms with E-state index in [9.17, 15) is 24.5 Å². The first-order valence-corrected chi connectivity index (χ1v) is 15.2. The lowest BCUT2D eigenvalue weighted by molar-refractivity contribution is -0.384. The molecule has 0 spiro atoms. The van der Waals surface area contributed by atoms with E-state index < -0.39 is 28.8 Å².